The zero-order valence-corrected chi connectivity index (χ0v) is 10.1. The van der Waals surface area contributed by atoms with Gasteiger partial charge >= 0.3 is 6.18 Å². The van der Waals surface area contributed by atoms with Crippen LogP contribution in [0.4, 0.5) is 17.6 Å². The molecule has 0 saturated heterocycles. The number of benzene rings is 1. The van der Waals surface area contributed by atoms with Crippen LogP contribution in [0.15, 0.2) is 24.3 Å². The maximum absolute atomic E-state index is 13.6. The molecule has 0 aliphatic rings. The van der Waals surface area contributed by atoms with Gasteiger partial charge in [0, 0.05) is 12.0 Å². The second-order valence-corrected chi connectivity index (χ2v) is 4.33. The van der Waals surface area contributed by atoms with Crippen LogP contribution in [-0.2, 0) is 5.60 Å². The van der Waals surface area contributed by atoms with Crippen LogP contribution in [0.3, 0.4) is 0 Å². The molecule has 102 valence electrons. The van der Waals surface area contributed by atoms with E-state index in [9.17, 15) is 22.7 Å². The average molecular weight is 264 g/mol. The molecule has 0 aliphatic carbocycles. The second-order valence-electron chi connectivity index (χ2n) is 4.33. The van der Waals surface area contributed by atoms with Gasteiger partial charge in [-0.05, 0) is 25.3 Å². The van der Waals surface area contributed by atoms with E-state index in [4.69, 9.17) is 0 Å². The van der Waals surface area contributed by atoms with E-state index in [-0.39, 0.29) is 24.8 Å². The third kappa shape index (κ3) is 3.98. The van der Waals surface area contributed by atoms with Crippen molar-refractivity contribution in [3.8, 4) is 0 Å². The lowest BCUT2D eigenvalue weighted by Gasteiger charge is -2.28. The first-order chi connectivity index (χ1) is 8.28. The van der Waals surface area contributed by atoms with Gasteiger partial charge in [0.2, 0.25) is 0 Å². The van der Waals surface area contributed by atoms with Gasteiger partial charge in [0.1, 0.15) is 5.82 Å². The molecule has 0 fully saturated rings. The Morgan fingerprint density at radius 2 is 1.72 bits per heavy atom. The summed E-state index contributed by atoms with van der Waals surface area (Å²) in [4.78, 5) is 0. The smallest absolute Gasteiger partial charge is 0.385 e. The van der Waals surface area contributed by atoms with Crippen molar-refractivity contribution in [3.63, 3.8) is 0 Å². The Balaban J connectivity index is 2.77. The minimum Gasteiger partial charge on any atom is -0.385 e. The molecule has 0 aromatic heterocycles. The molecule has 1 N–H and O–H groups in total. The zero-order valence-electron chi connectivity index (χ0n) is 10.1. The van der Waals surface area contributed by atoms with Crippen LogP contribution in [0.25, 0.3) is 0 Å². The number of halogens is 4. The van der Waals surface area contributed by atoms with Crippen molar-refractivity contribution in [2.24, 2.45) is 0 Å². The normalized spacial score (nSPS) is 15.4. The third-order valence-electron chi connectivity index (χ3n) is 3.01. The van der Waals surface area contributed by atoms with Gasteiger partial charge in [-0.1, -0.05) is 25.1 Å². The Hall–Kier alpha value is -1.10. The Bertz CT molecular complexity index is 389. The van der Waals surface area contributed by atoms with Gasteiger partial charge < -0.3 is 5.11 Å². The summed E-state index contributed by atoms with van der Waals surface area (Å²) in [7, 11) is 0. The van der Waals surface area contributed by atoms with Crippen molar-refractivity contribution in [3.05, 3.63) is 35.6 Å². The van der Waals surface area contributed by atoms with Gasteiger partial charge in [0.05, 0.1) is 5.60 Å². The Morgan fingerprint density at radius 1 is 1.11 bits per heavy atom. The molecular formula is C13H16F4O. The Labute approximate surface area is 103 Å². The molecule has 1 atom stereocenters. The fourth-order valence-electron chi connectivity index (χ4n) is 1.92. The molecule has 1 aromatic rings. The zero-order chi connectivity index (χ0) is 13.8. The molecule has 1 rings (SSSR count). The molecule has 5 heteroatoms. The molecule has 1 nitrogen and oxygen atoms in total. The number of hydrogen-bond acceptors (Lipinski definition) is 1. The fraction of sp³-hybridized carbons (Fsp3) is 0.538. The van der Waals surface area contributed by atoms with Crippen molar-refractivity contribution in [1.82, 2.24) is 0 Å². The summed E-state index contributed by atoms with van der Waals surface area (Å²) in [6, 6.07) is 5.64. The standard InChI is InChI=1S/C13H16F4O/c1-2-12(18,8-5-9-13(15,16)17)10-6-3-4-7-11(10)14/h3-4,6-7,18H,2,5,8-9H2,1H3. The van der Waals surface area contributed by atoms with Crippen LogP contribution >= 0.6 is 0 Å². The summed E-state index contributed by atoms with van der Waals surface area (Å²) >= 11 is 0. The maximum atomic E-state index is 13.6. The number of hydrogen-bond donors (Lipinski definition) is 1. The quantitative estimate of drug-likeness (QED) is 0.792. The second kappa shape index (κ2) is 5.69. The van der Waals surface area contributed by atoms with E-state index in [1.54, 1.807) is 13.0 Å². The first kappa shape index (κ1) is 15.0. The van der Waals surface area contributed by atoms with E-state index in [0.717, 1.165) is 0 Å². The average Bonchev–Trinajstić information content (AvgIpc) is 2.27. The van der Waals surface area contributed by atoms with E-state index in [0.29, 0.717) is 0 Å². The van der Waals surface area contributed by atoms with Crippen LogP contribution in [0, 0.1) is 5.82 Å². The highest BCUT2D eigenvalue weighted by Gasteiger charge is 2.32. The van der Waals surface area contributed by atoms with Crippen molar-refractivity contribution in [2.75, 3.05) is 0 Å². The third-order valence-corrected chi connectivity index (χ3v) is 3.01. The molecule has 1 unspecified atom stereocenters. The molecule has 0 heterocycles. The Kier molecular flexibility index (Phi) is 4.73. The van der Waals surface area contributed by atoms with Crippen LogP contribution in [0.5, 0.6) is 0 Å². The molecule has 1 aromatic carbocycles. The summed E-state index contributed by atoms with van der Waals surface area (Å²) in [5.74, 6) is -0.589. The van der Waals surface area contributed by atoms with Gasteiger partial charge in [-0.3, -0.25) is 0 Å². The predicted molar refractivity (Wildman–Crippen MR) is 60.5 cm³/mol. The van der Waals surface area contributed by atoms with Crippen molar-refractivity contribution in [1.29, 1.82) is 0 Å². The van der Waals surface area contributed by atoms with Crippen LogP contribution in [-0.4, -0.2) is 11.3 Å². The molecule has 0 radical (unpaired) electrons. The molecule has 0 aliphatic heterocycles. The van der Waals surface area contributed by atoms with E-state index in [1.807, 2.05) is 0 Å². The summed E-state index contributed by atoms with van der Waals surface area (Å²) < 4.78 is 49.7. The minimum absolute atomic E-state index is 0.0645. The van der Waals surface area contributed by atoms with Gasteiger partial charge in [-0.15, -0.1) is 0 Å². The van der Waals surface area contributed by atoms with Crippen molar-refractivity contribution < 1.29 is 22.7 Å². The van der Waals surface area contributed by atoms with Crippen LogP contribution < -0.4 is 0 Å². The van der Waals surface area contributed by atoms with Gasteiger partial charge in [-0.25, -0.2) is 4.39 Å². The summed E-state index contributed by atoms with van der Waals surface area (Å²) in [6.45, 7) is 1.63. The number of rotatable bonds is 5. The highest BCUT2D eigenvalue weighted by atomic mass is 19.4. The lowest BCUT2D eigenvalue weighted by molar-refractivity contribution is -0.138. The van der Waals surface area contributed by atoms with Gasteiger partial charge in [0.25, 0.3) is 0 Å². The van der Waals surface area contributed by atoms with Crippen molar-refractivity contribution >= 4 is 0 Å². The van der Waals surface area contributed by atoms with E-state index in [1.165, 1.54) is 18.2 Å². The molecule has 0 spiro atoms. The minimum atomic E-state index is -4.25. The monoisotopic (exact) mass is 264 g/mol. The maximum Gasteiger partial charge on any atom is 0.389 e. The first-order valence-electron chi connectivity index (χ1n) is 5.82. The number of alkyl halides is 3. The van der Waals surface area contributed by atoms with E-state index in [2.05, 4.69) is 0 Å². The summed E-state index contributed by atoms with van der Waals surface area (Å²) in [5.41, 5.74) is -1.47. The first-order valence-corrected chi connectivity index (χ1v) is 5.82. The summed E-state index contributed by atoms with van der Waals surface area (Å²) in [5, 5.41) is 10.3. The topological polar surface area (TPSA) is 20.2 Å². The largest absolute Gasteiger partial charge is 0.389 e. The van der Waals surface area contributed by atoms with Gasteiger partial charge in [0.15, 0.2) is 0 Å². The number of aliphatic hydroxyl groups is 1. The van der Waals surface area contributed by atoms with Gasteiger partial charge in [-0.2, -0.15) is 13.2 Å². The Morgan fingerprint density at radius 3 is 2.22 bits per heavy atom. The lowest BCUT2D eigenvalue weighted by atomic mass is 9.86. The SMILES string of the molecule is CCC(O)(CCCC(F)(F)F)c1ccccc1F. The fourth-order valence-corrected chi connectivity index (χ4v) is 1.92. The summed E-state index contributed by atoms with van der Waals surface area (Å²) in [6.07, 6.45) is -5.37. The molecule has 0 saturated carbocycles. The highest BCUT2D eigenvalue weighted by Crippen LogP contribution is 2.34. The molecular weight excluding hydrogens is 248 g/mol. The van der Waals surface area contributed by atoms with E-state index >= 15 is 0 Å². The van der Waals surface area contributed by atoms with E-state index < -0.39 is 24.0 Å². The lowest BCUT2D eigenvalue weighted by Crippen LogP contribution is -2.26. The van der Waals surface area contributed by atoms with Crippen molar-refractivity contribution in [2.45, 2.75) is 44.4 Å². The molecule has 18 heavy (non-hydrogen) atoms. The highest BCUT2D eigenvalue weighted by molar-refractivity contribution is 5.24. The predicted octanol–water partition coefficient (Wildman–Crippen LogP) is 4.16. The molecule has 0 bridgehead atoms. The van der Waals surface area contributed by atoms with Crippen LogP contribution in [0.1, 0.15) is 38.2 Å². The van der Waals surface area contributed by atoms with Crippen LogP contribution in [0.2, 0.25) is 0 Å². The molecule has 0 amide bonds.